The number of halogens is 4. The monoisotopic (exact) mass is 213 g/mol. The van der Waals surface area contributed by atoms with Crippen molar-refractivity contribution in [3.05, 3.63) is 27.5 Å². The predicted octanol–water partition coefficient (Wildman–Crippen LogP) is 1.93. The van der Waals surface area contributed by atoms with Gasteiger partial charge in [-0.1, -0.05) is 11.6 Å². The maximum Gasteiger partial charge on any atom is 0.574 e. The lowest BCUT2D eigenvalue weighted by atomic mass is 10.5. The minimum Gasteiger partial charge on any atom is -0.390 e. The zero-order chi connectivity index (χ0) is 10.1. The summed E-state index contributed by atoms with van der Waals surface area (Å²) in [7, 11) is 0. The number of rotatable bonds is 1. The summed E-state index contributed by atoms with van der Waals surface area (Å²) in [6.07, 6.45) is -3.90. The Balaban J connectivity index is 2.93. The number of hydrogen-bond acceptors (Lipinski definition) is 2. The van der Waals surface area contributed by atoms with Crippen LogP contribution in [-0.4, -0.2) is 11.3 Å². The first kappa shape index (κ1) is 9.91. The molecule has 1 heterocycles. The Hall–Kier alpha value is -1.17. The zero-order valence-corrected chi connectivity index (χ0v) is 6.74. The summed E-state index contributed by atoms with van der Waals surface area (Å²) >= 11 is 5.27. The molecule has 0 aromatic carbocycles. The summed E-state index contributed by atoms with van der Waals surface area (Å²) in [5.41, 5.74) is -0.736. The van der Waals surface area contributed by atoms with E-state index in [0.29, 0.717) is 6.07 Å². The predicted molar refractivity (Wildman–Crippen MR) is 38.8 cm³/mol. The normalized spacial score (nSPS) is 11.4. The van der Waals surface area contributed by atoms with Crippen molar-refractivity contribution in [1.29, 1.82) is 0 Å². The largest absolute Gasteiger partial charge is 0.574 e. The summed E-state index contributed by atoms with van der Waals surface area (Å²) in [4.78, 5) is 12.8. The van der Waals surface area contributed by atoms with Gasteiger partial charge in [-0.05, 0) is 0 Å². The van der Waals surface area contributed by atoms with Gasteiger partial charge in [0.1, 0.15) is 5.02 Å². The lowest BCUT2D eigenvalue weighted by Crippen LogP contribution is -2.19. The molecule has 0 saturated carbocycles. The summed E-state index contributed by atoms with van der Waals surface area (Å²) in [5, 5.41) is -0.200. The number of ether oxygens (including phenoxy) is 1. The third-order valence-electron chi connectivity index (χ3n) is 1.06. The Bertz CT molecular complexity index is 360. The topological polar surface area (TPSA) is 42.1 Å². The van der Waals surface area contributed by atoms with Crippen LogP contribution in [0.1, 0.15) is 0 Å². The van der Waals surface area contributed by atoms with E-state index < -0.39 is 17.7 Å². The molecule has 0 fully saturated rings. The molecule has 0 atom stereocenters. The average Bonchev–Trinajstić information content (AvgIpc) is 1.94. The number of alkyl halides is 3. The summed E-state index contributed by atoms with van der Waals surface area (Å²) in [5.74, 6) is -0.693. The van der Waals surface area contributed by atoms with Gasteiger partial charge in [-0.3, -0.25) is 4.79 Å². The molecule has 7 heteroatoms. The first-order valence-corrected chi connectivity index (χ1v) is 3.40. The Labute approximate surface area is 75.1 Å². The van der Waals surface area contributed by atoms with Crippen molar-refractivity contribution in [2.24, 2.45) is 0 Å². The third kappa shape index (κ3) is 2.98. The molecule has 3 nitrogen and oxygen atoms in total. The Morgan fingerprint density at radius 3 is 2.54 bits per heavy atom. The summed E-state index contributed by atoms with van der Waals surface area (Å²) < 4.78 is 38.2. The van der Waals surface area contributed by atoms with Gasteiger partial charge in [-0.15, -0.1) is 13.2 Å². The van der Waals surface area contributed by atoms with Crippen LogP contribution < -0.4 is 10.2 Å². The molecule has 1 N–H and O–H groups in total. The lowest BCUT2D eigenvalue weighted by Gasteiger charge is -2.07. The number of aromatic amines is 1. The smallest absolute Gasteiger partial charge is 0.390 e. The molecule has 13 heavy (non-hydrogen) atoms. The highest BCUT2D eigenvalue weighted by Gasteiger charge is 2.31. The van der Waals surface area contributed by atoms with Crippen LogP contribution in [0.15, 0.2) is 17.1 Å². The molecule has 0 aliphatic rings. The molecular formula is C6H3ClF3NO2. The highest BCUT2D eigenvalue weighted by atomic mass is 35.5. The molecular weight excluding hydrogens is 211 g/mol. The van der Waals surface area contributed by atoms with E-state index >= 15 is 0 Å². The Morgan fingerprint density at radius 2 is 2.08 bits per heavy atom. The van der Waals surface area contributed by atoms with Gasteiger partial charge in [-0.25, -0.2) is 0 Å². The van der Waals surface area contributed by atoms with Crippen molar-refractivity contribution in [2.75, 3.05) is 0 Å². The molecule has 0 amide bonds. The maximum atomic E-state index is 11.6. The molecule has 1 aromatic heterocycles. The molecule has 0 saturated heterocycles. The van der Waals surface area contributed by atoms with E-state index in [-0.39, 0.29) is 5.02 Å². The van der Waals surface area contributed by atoms with E-state index in [1.54, 1.807) is 0 Å². The fourth-order valence-corrected chi connectivity index (χ4v) is 0.728. The molecule has 1 aromatic rings. The minimum absolute atomic E-state index is 0.200. The highest BCUT2D eigenvalue weighted by molar-refractivity contribution is 6.30. The van der Waals surface area contributed by atoms with Crippen LogP contribution in [0.2, 0.25) is 5.02 Å². The quantitative estimate of drug-likeness (QED) is 0.775. The highest BCUT2D eigenvalue weighted by Crippen LogP contribution is 2.19. The molecule has 0 aliphatic heterocycles. The van der Waals surface area contributed by atoms with Gasteiger partial charge in [0, 0.05) is 12.3 Å². The first-order valence-electron chi connectivity index (χ1n) is 3.02. The second kappa shape index (κ2) is 3.29. The van der Waals surface area contributed by atoms with Gasteiger partial charge in [0.15, 0.2) is 0 Å². The van der Waals surface area contributed by atoms with Gasteiger partial charge >= 0.3 is 6.36 Å². The van der Waals surface area contributed by atoms with Crippen LogP contribution >= 0.6 is 11.6 Å². The molecule has 72 valence electrons. The fourth-order valence-electron chi connectivity index (χ4n) is 0.619. The van der Waals surface area contributed by atoms with E-state index in [2.05, 4.69) is 9.72 Å². The maximum absolute atomic E-state index is 11.6. The van der Waals surface area contributed by atoms with E-state index in [9.17, 15) is 18.0 Å². The van der Waals surface area contributed by atoms with Crippen LogP contribution in [-0.2, 0) is 0 Å². The SMILES string of the molecule is O=c1cc(OC(F)(F)F)[nH]cc1Cl. The van der Waals surface area contributed by atoms with E-state index in [4.69, 9.17) is 11.6 Å². The van der Waals surface area contributed by atoms with Gasteiger partial charge in [-0.2, -0.15) is 0 Å². The second-order valence-electron chi connectivity index (χ2n) is 2.06. The number of H-pyrrole nitrogens is 1. The average molecular weight is 214 g/mol. The molecule has 1 rings (SSSR count). The summed E-state index contributed by atoms with van der Waals surface area (Å²) in [6, 6.07) is 0.621. The first-order chi connectivity index (χ1) is 5.88. The van der Waals surface area contributed by atoms with E-state index in [1.165, 1.54) is 0 Å². The second-order valence-corrected chi connectivity index (χ2v) is 2.46. The van der Waals surface area contributed by atoms with Crippen molar-refractivity contribution in [3.63, 3.8) is 0 Å². The Kier molecular flexibility index (Phi) is 2.51. The molecule has 0 bridgehead atoms. The van der Waals surface area contributed by atoms with Crippen LogP contribution in [0.3, 0.4) is 0 Å². The van der Waals surface area contributed by atoms with Crippen LogP contribution in [0.25, 0.3) is 0 Å². The van der Waals surface area contributed by atoms with Crippen molar-refractivity contribution in [3.8, 4) is 5.88 Å². The van der Waals surface area contributed by atoms with Crippen molar-refractivity contribution in [1.82, 2.24) is 4.98 Å². The van der Waals surface area contributed by atoms with Gasteiger partial charge in [0.05, 0.1) is 0 Å². The van der Waals surface area contributed by atoms with E-state index in [1.807, 2.05) is 0 Å². The number of hydrogen-bond donors (Lipinski definition) is 1. The molecule has 0 unspecified atom stereocenters. The summed E-state index contributed by atoms with van der Waals surface area (Å²) in [6.45, 7) is 0. The standard InChI is InChI=1S/C6H3ClF3NO2/c7-3-2-11-5(1-4(3)12)13-6(8,9)10/h1-2H,(H,11,12). The Morgan fingerprint density at radius 1 is 1.46 bits per heavy atom. The van der Waals surface area contributed by atoms with Gasteiger partial charge < -0.3 is 9.72 Å². The van der Waals surface area contributed by atoms with Crippen molar-refractivity contribution >= 4 is 11.6 Å². The van der Waals surface area contributed by atoms with Gasteiger partial charge in [0.2, 0.25) is 11.3 Å². The van der Waals surface area contributed by atoms with Gasteiger partial charge in [0.25, 0.3) is 0 Å². The van der Waals surface area contributed by atoms with Crippen LogP contribution in [0.5, 0.6) is 5.88 Å². The minimum atomic E-state index is -4.82. The third-order valence-corrected chi connectivity index (χ3v) is 1.36. The lowest BCUT2D eigenvalue weighted by molar-refractivity contribution is -0.276. The number of pyridine rings is 1. The molecule has 0 spiro atoms. The molecule has 0 aliphatic carbocycles. The molecule has 0 radical (unpaired) electrons. The van der Waals surface area contributed by atoms with Crippen molar-refractivity contribution < 1.29 is 17.9 Å². The number of aromatic nitrogens is 1. The van der Waals surface area contributed by atoms with E-state index in [0.717, 1.165) is 6.20 Å². The van der Waals surface area contributed by atoms with Crippen molar-refractivity contribution in [2.45, 2.75) is 6.36 Å². The van der Waals surface area contributed by atoms with Crippen LogP contribution in [0, 0.1) is 0 Å². The van der Waals surface area contributed by atoms with Crippen LogP contribution in [0.4, 0.5) is 13.2 Å². The zero-order valence-electron chi connectivity index (χ0n) is 5.98. The fraction of sp³-hybridized carbons (Fsp3) is 0.167. The number of nitrogens with one attached hydrogen (secondary N) is 1.